The van der Waals surface area contributed by atoms with Crippen molar-refractivity contribution in [3.63, 3.8) is 0 Å². The third-order valence-electron chi connectivity index (χ3n) is 4.48. The van der Waals surface area contributed by atoms with Gasteiger partial charge in [0.05, 0.1) is 20.6 Å². The first-order valence-electron chi connectivity index (χ1n) is 10.3. The minimum absolute atomic E-state index is 0.108. The molecule has 2 rings (SSSR count). The maximum atomic E-state index is 12.9. The number of amides is 1. The number of nitrogens with zero attached hydrogens (tertiary/aromatic N) is 1. The molecule has 0 unspecified atom stereocenters. The molecule has 0 fully saturated rings. The normalized spacial score (nSPS) is 11.0. The van der Waals surface area contributed by atoms with Crippen LogP contribution in [0.15, 0.2) is 47.5 Å². The Morgan fingerprint density at radius 3 is 2.29 bits per heavy atom. The Kier molecular flexibility index (Phi) is 10.1. The number of halogens is 1. The van der Waals surface area contributed by atoms with E-state index in [0.717, 1.165) is 24.1 Å². The molecule has 0 aliphatic rings. The van der Waals surface area contributed by atoms with E-state index in [4.69, 9.17) is 9.47 Å². The molecule has 1 amide bonds. The van der Waals surface area contributed by atoms with Crippen LogP contribution in [-0.4, -0.2) is 52.3 Å². The van der Waals surface area contributed by atoms with E-state index in [1.165, 1.54) is 12.1 Å². The van der Waals surface area contributed by atoms with Crippen molar-refractivity contribution in [3.05, 3.63) is 59.4 Å². The smallest absolute Gasteiger partial charge is 0.224 e. The Labute approximate surface area is 183 Å². The number of carbonyl (C=O) groups is 1. The second-order valence-corrected chi connectivity index (χ2v) is 6.78. The zero-order valence-corrected chi connectivity index (χ0v) is 18.3. The van der Waals surface area contributed by atoms with Gasteiger partial charge in [0.25, 0.3) is 0 Å². The topological polar surface area (TPSA) is 84.0 Å². The highest BCUT2D eigenvalue weighted by molar-refractivity contribution is 5.80. The van der Waals surface area contributed by atoms with E-state index >= 15 is 0 Å². The predicted octanol–water partition coefficient (Wildman–Crippen LogP) is 2.30. The fraction of sp³-hybridized carbons (Fsp3) is 0.391. The van der Waals surface area contributed by atoms with Crippen molar-refractivity contribution in [3.8, 4) is 11.5 Å². The molecule has 0 heterocycles. The van der Waals surface area contributed by atoms with Gasteiger partial charge in [-0.3, -0.25) is 9.79 Å². The molecule has 0 atom stereocenters. The highest BCUT2D eigenvalue weighted by atomic mass is 19.1. The number of guanidine groups is 1. The fourth-order valence-electron chi connectivity index (χ4n) is 2.91. The fourth-order valence-corrected chi connectivity index (χ4v) is 2.91. The summed E-state index contributed by atoms with van der Waals surface area (Å²) < 4.78 is 23.5. The maximum Gasteiger partial charge on any atom is 0.224 e. The summed E-state index contributed by atoms with van der Waals surface area (Å²) in [5.41, 5.74) is 1.88. The van der Waals surface area contributed by atoms with Crippen LogP contribution < -0.4 is 25.4 Å². The number of benzene rings is 2. The number of hydrogen-bond donors (Lipinski definition) is 3. The summed E-state index contributed by atoms with van der Waals surface area (Å²) in [7, 11) is 3.23. The lowest BCUT2D eigenvalue weighted by atomic mass is 10.1. The zero-order chi connectivity index (χ0) is 22.5. The van der Waals surface area contributed by atoms with Crippen LogP contribution >= 0.6 is 0 Å². The lowest BCUT2D eigenvalue weighted by molar-refractivity contribution is -0.120. The van der Waals surface area contributed by atoms with Gasteiger partial charge >= 0.3 is 0 Å². The molecule has 8 heteroatoms. The Balaban J connectivity index is 1.75. The van der Waals surface area contributed by atoms with Gasteiger partial charge in [-0.15, -0.1) is 0 Å². The van der Waals surface area contributed by atoms with E-state index < -0.39 is 0 Å². The van der Waals surface area contributed by atoms with Crippen molar-refractivity contribution in [2.75, 3.05) is 40.4 Å². The predicted molar refractivity (Wildman–Crippen MR) is 120 cm³/mol. The summed E-state index contributed by atoms with van der Waals surface area (Å²) in [5.74, 6) is 1.67. The third-order valence-corrected chi connectivity index (χ3v) is 4.48. The molecule has 7 nitrogen and oxygen atoms in total. The van der Waals surface area contributed by atoms with Gasteiger partial charge in [0.15, 0.2) is 17.5 Å². The number of hydrogen-bond acceptors (Lipinski definition) is 4. The van der Waals surface area contributed by atoms with Gasteiger partial charge in [-0.1, -0.05) is 18.2 Å². The quantitative estimate of drug-likeness (QED) is 0.289. The number of methoxy groups -OCH3 is 2. The minimum atomic E-state index is -0.310. The van der Waals surface area contributed by atoms with Crippen LogP contribution in [0.1, 0.15) is 18.1 Å². The number of rotatable bonds is 11. The molecule has 0 aromatic heterocycles. The van der Waals surface area contributed by atoms with Crippen LogP contribution in [0, 0.1) is 5.82 Å². The summed E-state index contributed by atoms with van der Waals surface area (Å²) in [5, 5.41) is 9.24. The van der Waals surface area contributed by atoms with Gasteiger partial charge in [0.2, 0.25) is 5.91 Å². The molecule has 0 aliphatic carbocycles. The number of aliphatic imine (C=N–C) groups is 1. The minimum Gasteiger partial charge on any atom is -0.493 e. The molecule has 0 aliphatic heterocycles. The molecule has 0 spiro atoms. The van der Waals surface area contributed by atoms with Gasteiger partial charge in [-0.25, -0.2) is 4.39 Å². The number of ether oxygens (including phenoxy) is 2. The lowest BCUT2D eigenvalue weighted by Crippen LogP contribution is -2.41. The second kappa shape index (κ2) is 13.1. The van der Waals surface area contributed by atoms with Crippen LogP contribution in [0.5, 0.6) is 11.5 Å². The Morgan fingerprint density at radius 1 is 0.935 bits per heavy atom. The summed E-state index contributed by atoms with van der Waals surface area (Å²) >= 11 is 0. The summed E-state index contributed by atoms with van der Waals surface area (Å²) in [4.78, 5) is 16.6. The van der Waals surface area contributed by atoms with Crippen molar-refractivity contribution in [1.29, 1.82) is 0 Å². The van der Waals surface area contributed by atoms with Crippen LogP contribution in [-0.2, 0) is 17.6 Å². The zero-order valence-electron chi connectivity index (χ0n) is 18.3. The van der Waals surface area contributed by atoms with E-state index in [1.54, 1.807) is 26.4 Å². The molecular weight excluding hydrogens is 399 g/mol. The molecule has 0 saturated heterocycles. The van der Waals surface area contributed by atoms with Gasteiger partial charge in [0.1, 0.15) is 5.82 Å². The van der Waals surface area contributed by atoms with Crippen molar-refractivity contribution in [2.24, 2.45) is 4.99 Å². The highest BCUT2D eigenvalue weighted by Crippen LogP contribution is 2.27. The van der Waals surface area contributed by atoms with E-state index in [9.17, 15) is 9.18 Å². The maximum absolute atomic E-state index is 12.9. The molecule has 0 radical (unpaired) electrons. The van der Waals surface area contributed by atoms with E-state index in [-0.39, 0.29) is 18.1 Å². The first-order chi connectivity index (χ1) is 15.0. The number of nitrogens with one attached hydrogen (secondary N) is 3. The second-order valence-electron chi connectivity index (χ2n) is 6.78. The van der Waals surface area contributed by atoms with E-state index in [1.807, 2.05) is 25.1 Å². The van der Waals surface area contributed by atoms with Crippen LogP contribution in [0.4, 0.5) is 4.39 Å². The largest absolute Gasteiger partial charge is 0.493 e. The Morgan fingerprint density at radius 2 is 1.61 bits per heavy atom. The molecule has 2 aromatic rings. The van der Waals surface area contributed by atoms with Crippen molar-refractivity contribution in [1.82, 2.24) is 16.0 Å². The van der Waals surface area contributed by atoms with Crippen LogP contribution in [0.2, 0.25) is 0 Å². The van der Waals surface area contributed by atoms with Crippen molar-refractivity contribution < 1.29 is 18.7 Å². The van der Waals surface area contributed by atoms with Crippen LogP contribution in [0.25, 0.3) is 0 Å². The van der Waals surface area contributed by atoms with E-state index in [0.29, 0.717) is 37.1 Å². The first-order valence-corrected chi connectivity index (χ1v) is 10.3. The van der Waals surface area contributed by atoms with Gasteiger partial charge < -0.3 is 25.4 Å². The van der Waals surface area contributed by atoms with Crippen molar-refractivity contribution >= 4 is 11.9 Å². The monoisotopic (exact) mass is 430 g/mol. The lowest BCUT2D eigenvalue weighted by Gasteiger charge is -2.12. The molecule has 0 bridgehead atoms. The average molecular weight is 431 g/mol. The van der Waals surface area contributed by atoms with Crippen molar-refractivity contribution in [2.45, 2.75) is 19.8 Å². The van der Waals surface area contributed by atoms with Gasteiger partial charge in [-0.05, 0) is 48.7 Å². The molecular formula is C23H31FN4O3. The highest BCUT2D eigenvalue weighted by Gasteiger charge is 2.05. The molecule has 2 aromatic carbocycles. The summed E-state index contributed by atoms with van der Waals surface area (Å²) in [6.07, 6.45) is 0.977. The molecule has 0 saturated carbocycles. The standard InChI is InChI=1S/C23H31FN4O3/c1-4-25-23(27-12-11-18-7-10-20(30-2)21(15-18)31-3)28-14-13-26-22(29)16-17-5-8-19(24)9-6-17/h5-10,15H,4,11-14,16H2,1-3H3,(H,26,29)(H2,25,27,28). The first kappa shape index (κ1) is 24.0. The third kappa shape index (κ3) is 8.54. The van der Waals surface area contributed by atoms with Crippen LogP contribution in [0.3, 0.4) is 0 Å². The summed E-state index contributed by atoms with van der Waals surface area (Å²) in [6.45, 7) is 4.33. The van der Waals surface area contributed by atoms with Gasteiger partial charge in [-0.2, -0.15) is 0 Å². The summed E-state index contributed by atoms with van der Waals surface area (Å²) in [6, 6.07) is 11.8. The molecule has 168 valence electrons. The molecule has 3 N–H and O–H groups in total. The SMILES string of the molecule is CCNC(=NCCc1ccc(OC)c(OC)c1)NCCNC(=O)Cc1ccc(F)cc1. The Bertz CT molecular complexity index is 856. The Hall–Kier alpha value is -3.29. The number of carbonyl (C=O) groups excluding carboxylic acids is 1. The molecule has 31 heavy (non-hydrogen) atoms. The van der Waals surface area contributed by atoms with Gasteiger partial charge in [0, 0.05) is 26.2 Å². The van der Waals surface area contributed by atoms with E-state index in [2.05, 4.69) is 20.9 Å². The average Bonchev–Trinajstić information content (AvgIpc) is 2.78.